The molecule has 2 saturated heterocycles. The van der Waals surface area contributed by atoms with Crippen LogP contribution in [0.15, 0.2) is 121 Å². The smallest absolute Gasteiger partial charge is 0.338 e. The summed E-state index contributed by atoms with van der Waals surface area (Å²) < 4.78 is 58.2. The van der Waals surface area contributed by atoms with E-state index in [1.165, 1.54) is 0 Å². The van der Waals surface area contributed by atoms with Gasteiger partial charge in [-0.1, -0.05) is 157 Å². The second-order valence-electron chi connectivity index (χ2n) is 19.1. The highest BCUT2D eigenvalue weighted by atomic mass is 28.4. The Hall–Kier alpha value is -4.32. The Morgan fingerprint density at radius 2 is 1.00 bits per heavy atom. The van der Waals surface area contributed by atoms with E-state index in [1.54, 1.807) is 60.7 Å². The van der Waals surface area contributed by atoms with Gasteiger partial charge >= 0.3 is 11.9 Å². The lowest BCUT2D eigenvalue weighted by atomic mass is 9.96. The van der Waals surface area contributed by atoms with Crippen molar-refractivity contribution in [2.24, 2.45) is 0 Å². The summed E-state index contributed by atoms with van der Waals surface area (Å²) >= 11 is 0. The van der Waals surface area contributed by atoms with Crippen LogP contribution in [-0.2, 0) is 55.5 Å². The van der Waals surface area contributed by atoms with Crippen molar-refractivity contribution in [2.75, 3.05) is 19.8 Å². The Bertz CT molecular complexity index is 2070. The summed E-state index contributed by atoms with van der Waals surface area (Å²) in [6, 6.07) is 36.1. The Morgan fingerprint density at radius 1 is 0.574 bits per heavy atom. The van der Waals surface area contributed by atoms with Crippen molar-refractivity contribution < 1.29 is 62.1 Å². The number of carbonyl (C=O) groups excluding carboxylic acids is 2. The monoisotopic (exact) mass is 956 g/mol. The Labute approximate surface area is 403 Å². The predicted molar refractivity (Wildman–Crippen MR) is 259 cm³/mol. The van der Waals surface area contributed by atoms with Crippen LogP contribution in [0, 0.1) is 0 Å². The molecule has 6 rings (SSSR count). The Kier molecular flexibility index (Phi) is 20.3. The summed E-state index contributed by atoms with van der Waals surface area (Å²) in [5.41, 5.74) is 2.33. The molecule has 0 radical (unpaired) electrons. The zero-order valence-corrected chi connectivity index (χ0v) is 41.5. The van der Waals surface area contributed by atoms with Crippen LogP contribution in [0.1, 0.15) is 98.1 Å². The molecule has 0 unspecified atom stereocenters. The first kappa shape index (κ1) is 53.0. The van der Waals surface area contributed by atoms with E-state index in [9.17, 15) is 19.8 Å². The van der Waals surface area contributed by atoms with Crippen LogP contribution in [-0.4, -0.2) is 112 Å². The largest absolute Gasteiger partial charge is 0.450 e. The SMILES string of the molecule is CCCCCCCCO[C@H]1O[C@H](COCc2ccccc2)[C@@H](O[C@H]2O[C@H](COCc3ccccc3)[C@@H](O[Si](C)(C)C(C)(C)C)[C@H](O)[C@@H]2OC(=O)c2ccccc2)[C@H](O)[C@@H]1OC(=O)c1ccccc1. The van der Waals surface area contributed by atoms with Gasteiger partial charge in [0.1, 0.15) is 36.6 Å². The molecule has 68 heavy (non-hydrogen) atoms. The van der Waals surface area contributed by atoms with Gasteiger partial charge in [-0.05, 0) is 59.9 Å². The minimum atomic E-state index is -2.64. The van der Waals surface area contributed by atoms with Crippen molar-refractivity contribution in [3.63, 3.8) is 0 Å². The van der Waals surface area contributed by atoms with Gasteiger partial charge in [-0.2, -0.15) is 0 Å². The molecular weight excluding hydrogens is 885 g/mol. The molecule has 0 amide bonds. The van der Waals surface area contributed by atoms with E-state index in [0.717, 1.165) is 49.7 Å². The zero-order chi connectivity index (χ0) is 48.5. The summed E-state index contributed by atoms with van der Waals surface area (Å²) in [6.45, 7) is 13.2. The van der Waals surface area contributed by atoms with Gasteiger partial charge in [-0.15, -0.1) is 0 Å². The normalized spacial score (nSPS) is 25.4. The van der Waals surface area contributed by atoms with Crippen LogP contribution < -0.4 is 0 Å². The van der Waals surface area contributed by atoms with E-state index in [2.05, 4.69) is 40.8 Å². The van der Waals surface area contributed by atoms with Crippen molar-refractivity contribution in [3.05, 3.63) is 144 Å². The van der Waals surface area contributed by atoms with Gasteiger partial charge in [0.05, 0.1) is 37.6 Å². The van der Waals surface area contributed by atoms with Crippen molar-refractivity contribution in [3.8, 4) is 0 Å². The lowest BCUT2D eigenvalue weighted by Gasteiger charge is -2.50. The number of esters is 2. The van der Waals surface area contributed by atoms with Gasteiger partial charge in [0.2, 0.25) is 0 Å². The van der Waals surface area contributed by atoms with Crippen molar-refractivity contribution in [1.29, 1.82) is 0 Å². The van der Waals surface area contributed by atoms with Crippen LogP contribution in [0.5, 0.6) is 0 Å². The van der Waals surface area contributed by atoms with Crippen molar-refractivity contribution >= 4 is 20.3 Å². The maximum atomic E-state index is 13.9. The lowest BCUT2D eigenvalue weighted by Crippen LogP contribution is -2.67. The minimum Gasteiger partial charge on any atom is -0.450 e. The summed E-state index contributed by atoms with van der Waals surface area (Å²) in [5.74, 6) is -1.44. The first-order chi connectivity index (χ1) is 32.8. The van der Waals surface area contributed by atoms with Crippen LogP contribution in [0.3, 0.4) is 0 Å². The number of rotatable bonds is 24. The van der Waals surface area contributed by atoms with Gasteiger partial charge in [0.25, 0.3) is 0 Å². The maximum absolute atomic E-state index is 13.9. The van der Waals surface area contributed by atoms with E-state index in [1.807, 2.05) is 60.7 Å². The molecular formula is C54H72O13Si. The summed E-state index contributed by atoms with van der Waals surface area (Å²) in [5, 5.41) is 24.9. The standard InChI is InChI=1S/C54H72O13Si/c1-7-8-9-10-11-24-33-61-52-48(64-50(57)40-29-20-14-21-30-40)44(55)46(42(62-52)36-59-34-38-25-16-12-17-26-38)66-53-49(65-51(58)41-31-22-15-23-32-41)45(56)47(67-68(5,6)54(2,3)4)43(63-53)37-60-35-39-27-18-13-19-28-39/h12-23,25-32,42-49,52-53,55-56H,7-11,24,33-37H2,1-6H3/t42-,43-,44+,45+,46-,47-,48+,49+,52+,53-/m1/s1. The van der Waals surface area contributed by atoms with Crippen molar-refractivity contribution in [1.82, 2.24) is 0 Å². The number of hydrogen-bond acceptors (Lipinski definition) is 13. The van der Waals surface area contributed by atoms with Crippen LogP contribution in [0.25, 0.3) is 0 Å². The molecule has 2 aliphatic rings. The number of aliphatic hydroxyl groups is 2. The van der Waals surface area contributed by atoms with Gasteiger partial charge in [0, 0.05) is 6.61 Å². The summed E-state index contributed by atoms with van der Waals surface area (Å²) in [6.07, 6.45) is -7.01. The van der Waals surface area contributed by atoms with Gasteiger partial charge < -0.3 is 52.5 Å². The third-order valence-corrected chi connectivity index (χ3v) is 17.3. The summed E-state index contributed by atoms with van der Waals surface area (Å²) in [7, 11) is -2.64. The molecule has 2 fully saturated rings. The number of unbranched alkanes of at least 4 members (excludes halogenated alkanes) is 5. The Morgan fingerprint density at radius 3 is 1.50 bits per heavy atom. The molecule has 2 aliphatic heterocycles. The topological polar surface area (TPSA) is 158 Å². The quantitative estimate of drug-likeness (QED) is 0.0390. The predicted octanol–water partition coefficient (Wildman–Crippen LogP) is 9.20. The lowest BCUT2D eigenvalue weighted by molar-refractivity contribution is -0.358. The second-order valence-corrected chi connectivity index (χ2v) is 23.9. The van der Waals surface area contributed by atoms with Gasteiger partial charge in [-0.3, -0.25) is 0 Å². The molecule has 4 aromatic carbocycles. The number of hydrogen-bond donors (Lipinski definition) is 2. The van der Waals surface area contributed by atoms with Crippen LogP contribution in [0.2, 0.25) is 18.1 Å². The molecule has 2 heterocycles. The molecule has 14 heteroatoms. The number of benzene rings is 4. The molecule has 2 N–H and O–H groups in total. The maximum Gasteiger partial charge on any atom is 0.338 e. The van der Waals surface area contributed by atoms with E-state index < -0.39 is 81.7 Å². The molecule has 10 atom stereocenters. The van der Waals surface area contributed by atoms with E-state index in [-0.39, 0.29) is 49.2 Å². The third kappa shape index (κ3) is 15.1. The molecule has 0 saturated carbocycles. The van der Waals surface area contributed by atoms with Gasteiger partial charge in [-0.25, -0.2) is 9.59 Å². The molecule has 0 bridgehead atoms. The highest BCUT2D eigenvalue weighted by Crippen LogP contribution is 2.41. The number of aliphatic hydroxyl groups excluding tert-OH is 2. The minimum absolute atomic E-state index is 0.0382. The fourth-order valence-electron chi connectivity index (χ4n) is 7.89. The van der Waals surface area contributed by atoms with Crippen molar-refractivity contribution in [2.45, 2.75) is 159 Å². The molecule has 13 nitrogen and oxygen atoms in total. The fourth-order valence-corrected chi connectivity index (χ4v) is 9.21. The van der Waals surface area contributed by atoms with E-state index >= 15 is 0 Å². The highest BCUT2D eigenvalue weighted by molar-refractivity contribution is 6.74. The molecule has 0 spiro atoms. The fraction of sp³-hybridized carbons (Fsp3) is 0.519. The summed E-state index contributed by atoms with van der Waals surface area (Å²) in [4.78, 5) is 27.7. The van der Waals surface area contributed by atoms with Crippen LogP contribution >= 0.6 is 0 Å². The first-order valence-electron chi connectivity index (χ1n) is 24.1. The van der Waals surface area contributed by atoms with E-state index in [0.29, 0.717) is 0 Å². The average molecular weight is 957 g/mol. The average Bonchev–Trinajstić information content (AvgIpc) is 3.33. The van der Waals surface area contributed by atoms with Gasteiger partial charge in [0.15, 0.2) is 33.1 Å². The molecule has 0 aliphatic carbocycles. The highest BCUT2D eigenvalue weighted by Gasteiger charge is 2.56. The first-order valence-corrected chi connectivity index (χ1v) is 27.0. The second kappa shape index (κ2) is 26.0. The zero-order valence-electron chi connectivity index (χ0n) is 40.5. The van der Waals surface area contributed by atoms with E-state index in [4.69, 9.17) is 42.3 Å². The van der Waals surface area contributed by atoms with Crippen LogP contribution in [0.4, 0.5) is 0 Å². The third-order valence-electron chi connectivity index (χ3n) is 12.8. The molecule has 4 aromatic rings. The Balaban J connectivity index is 1.35. The molecule has 370 valence electrons. The number of ether oxygens (including phenoxy) is 8. The molecule has 0 aromatic heterocycles. The number of carbonyl (C=O) groups is 2.